The zero-order valence-corrected chi connectivity index (χ0v) is 13.6. The van der Waals surface area contributed by atoms with Crippen LogP contribution in [0.3, 0.4) is 0 Å². The second kappa shape index (κ2) is 8.04. The average Bonchev–Trinajstić information content (AvgIpc) is 2.46. The Morgan fingerprint density at radius 2 is 1.78 bits per heavy atom. The minimum Gasteiger partial charge on any atom is -0.481 e. The normalized spacial score (nSPS) is 14.0. The van der Waals surface area contributed by atoms with Gasteiger partial charge < -0.3 is 15.5 Å². The van der Waals surface area contributed by atoms with E-state index in [9.17, 15) is 18.0 Å². The second-order valence-electron chi connectivity index (χ2n) is 5.18. The maximum absolute atomic E-state index is 12.3. The minimum absolute atomic E-state index is 0.0681. The number of aryl methyl sites for hydroxylation is 1. The smallest absolute Gasteiger partial charge is 0.305 e. The summed E-state index contributed by atoms with van der Waals surface area (Å²) in [6.45, 7) is 2.95. The summed E-state index contributed by atoms with van der Waals surface area (Å²) in [5.74, 6) is -2.14. The van der Waals surface area contributed by atoms with Gasteiger partial charge in [-0.1, -0.05) is 17.7 Å². The molecule has 0 saturated heterocycles. The van der Waals surface area contributed by atoms with Crippen LogP contribution in [-0.2, 0) is 19.6 Å². The first-order valence-corrected chi connectivity index (χ1v) is 8.36. The number of benzene rings is 1. The first kappa shape index (κ1) is 19.1. The molecule has 9 heteroatoms. The number of carbonyl (C=O) groups excluding carboxylic acids is 1. The van der Waals surface area contributed by atoms with Gasteiger partial charge in [0.2, 0.25) is 15.9 Å². The predicted molar refractivity (Wildman–Crippen MR) is 82.2 cm³/mol. The van der Waals surface area contributed by atoms with Gasteiger partial charge in [0.15, 0.2) is 0 Å². The molecule has 2 unspecified atom stereocenters. The van der Waals surface area contributed by atoms with Crippen LogP contribution in [0.15, 0.2) is 29.2 Å². The number of aliphatic carboxylic acids is 1. The topological polar surface area (TPSA) is 133 Å². The fourth-order valence-electron chi connectivity index (χ4n) is 1.72. The van der Waals surface area contributed by atoms with Crippen LogP contribution in [0.4, 0.5) is 0 Å². The molecule has 0 aliphatic heterocycles. The molecule has 1 aromatic carbocycles. The number of amides is 1. The van der Waals surface area contributed by atoms with Crippen LogP contribution in [0.2, 0.25) is 0 Å². The first-order valence-electron chi connectivity index (χ1n) is 6.87. The second-order valence-corrected chi connectivity index (χ2v) is 6.89. The zero-order valence-electron chi connectivity index (χ0n) is 12.8. The molecule has 8 nitrogen and oxygen atoms in total. The Labute approximate surface area is 134 Å². The number of sulfonamides is 1. The molecule has 2 atom stereocenters. The van der Waals surface area contributed by atoms with Crippen LogP contribution in [0.25, 0.3) is 0 Å². The lowest BCUT2D eigenvalue weighted by Gasteiger charge is -2.19. The van der Waals surface area contributed by atoms with Gasteiger partial charge in [0, 0.05) is 6.04 Å². The quantitative estimate of drug-likeness (QED) is 0.508. The molecule has 0 radical (unpaired) electrons. The van der Waals surface area contributed by atoms with Gasteiger partial charge in [0.05, 0.1) is 17.9 Å². The Bertz CT molecular complexity index is 656. The van der Waals surface area contributed by atoms with Crippen molar-refractivity contribution in [2.24, 2.45) is 0 Å². The Morgan fingerprint density at radius 1 is 1.22 bits per heavy atom. The van der Waals surface area contributed by atoms with Crippen molar-refractivity contribution in [1.29, 1.82) is 0 Å². The van der Waals surface area contributed by atoms with Gasteiger partial charge in [-0.05, 0) is 26.0 Å². The summed E-state index contributed by atoms with van der Waals surface area (Å²) >= 11 is 0. The third-order valence-electron chi connectivity index (χ3n) is 2.99. The van der Waals surface area contributed by atoms with Gasteiger partial charge in [0.25, 0.3) is 0 Å². The fourth-order valence-corrected chi connectivity index (χ4v) is 2.92. The molecular weight excluding hydrogens is 324 g/mol. The van der Waals surface area contributed by atoms with Crippen LogP contribution in [-0.4, -0.2) is 49.2 Å². The summed E-state index contributed by atoms with van der Waals surface area (Å²) in [6.07, 6.45) is -0.713. The fraction of sp³-hybridized carbons (Fsp3) is 0.429. The molecule has 128 valence electrons. The number of hydrogen-bond acceptors (Lipinski definition) is 5. The highest BCUT2D eigenvalue weighted by atomic mass is 32.2. The molecule has 0 spiro atoms. The Kier molecular flexibility index (Phi) is 6.67. The molecule has 0 saturated carbocycles. The molecule has 23 heavy (non-hydrogen) atoms. The summed E-state index contributed by atoms with van der Waals surface area (Å²) < 4.78 is 26.6. The Hall–Kier alpha value is -1.97. The molecule has 0 fully saturated rings. The first-order chi connectivity index (χ1) is 10.7. The number of carboxylic acids is 1. The standard InChI is InChI=1S/C14H20N2O6S/c1-9-3-5-11(6-4-9)23(21,22)16-12(7-13(18)19)14(20)15-10(2)8-17/h3-6,10,12,16-17H,7-8H2,1-2H3,(H,15,20)(H,18,19). The summed E-state index contributed by atoms with van der Waals surface area (Å²) in [6, 6.07) is 3.81. The van der Waals surface area contributed by atoms with Gasteiger partial charge in [-0.2, -0.15) is 4.72 Å². The number of rotatable bonds is 8. The van der Waals surface area contributed by atoms with Crippen molar-refractivity contribution < 1.29 is 28.2 Å². The van der Waals surface area contributed by atoms with Crippen molar-refractivity contribution in [3.8, 4) is 0 Å². The molecule has 1 rings (SSSR count). The van der Waals surface area contributed by atoms with Gasteiger partial charge >= 0.3 is 5.97 Å². The minimum atomic E-state index is -4.05. The molecule has 4 N–H and O–H groups in total. The van der Waals surface area contributed by atoms with E-state index >= 15 is 0 Å². The number of carbonyl (C=O) groups is 2. The van der Waals surface area contributed by atoms with Crippen molar-refractivity contribution in [3.63, 3.8) is 0 Å². The highest BCUT2D eigenvalue weighted by Gasteiger charge is 2.28. The van der Waals surface area contributed by atoms with E-state index in [4.69, 9.17) is 10.2 Å². The lowest BCUT2D eigenvalue weighted by atomic mass is 10.2. The van der Waals surface area contributed by atoms with E-state index in [0.29, 0.717) is 0 Å². The van der Waals surface area contributed by atoms with Crippen LogP contribution >= 0.6 is 0 Å². The largest absolute Gasteiger partial charge is 0.481 e. The van der Waals surface area contributed by atoms with Crippen molar-refractivity contribution in [3.05, 3.63) is 29.8 Å². The van der Waals surface area contributed by atoms with Crippen molar-refractivity contribution in [2.45, 2.75) is 37.2 Å². The predicted octanol–water partition coefficient (Wildman–Crippen LogP) is -0.386. The van der Waals surface area contributed by atoms with Gasteiger partial charge in [-0.3, -0.25) is 9.59 Å². The lowest BCUT2D eigenvalue weighted by Crippen LogP contribution is -2.50. The third-order valence-corrected chi connectivity index (χ3v) is 4.47. The monoisotopic (exact) mass is 344 g/mol. The molecule has 0 heterocycles. The van der Waals surface area contributed by atoms with Crippen molar-refractivity contribution in [2.75, 3.05) is 6.61 Å². The van der Waals surface area contributed by atoms with E-state index in [0.717, 1.165) is 5.56 Å². The average molecular weight is 344 g/mol. The van der Waals surface area contributed by atoms with E-state index in [1.165, 1.54) is 19.1 Å². The number of hydrogen-bond donors (Lipinski definition) is 4. The molecule has 0 aromatic heterocycles. The van der Waals surface area contributed by atoms with Crippen LogP contribution in [0.5, 0.6) is 0 Å². The SMILES string of the molecule is Cc1ccc(S(=O)(=O)NC(CC(=O)O)C(=O)NC(C)CO)cc1. The molecule has 1 aromatic rings. The third kappa shape index (κ3) is 5.97. The van der Waals surface area contributed by atoms with E-state index < -0.39 is 40.4 Å². The highest BCUT2D eigenvalue weighted by molar-refractivity contribution is 7.89. The summed E-state index contributed by atoms with van der Waals surface area (Å²) in [5.41, 5.74) is 0.862. The Balaban J connectivity index is 2.97. The van der Waals surface area contributed by atoms with Gasteiger partial charge in [0.1, 0.15) is 6.04 Å². The number of aliphatic hydroxyl groups is 1. The van der Waals surface area contributed by atoms with Gasteiger partial charge in [-0.15, -0.1) is 0 Å². The molecule has 0 aliphatic carbocycles. The molecule has 1 amide bonds. The van der Waals surface area contributed by atoms with Gasteiger partial charge in [-0.25, -0.2) is 8.42 Å². The van der Waals surface area contributed by atoms with E-state index in [2.05, 4.69) is 10.0 Å². The number of carboxylic acid groups (broad SMARTS) is 1. The zero-order chi connectivity index (χ0) is 17.6. The summed E-state index contributed by atoms with van der Waals surface area (Å²) in [5, 5.41) is 20.1. The van der Waals surface area contributed by atoms with Crippen LogP contribution < -0.4 is 10.0 Å². The number of aliphatic hydroxyl groups excluding tert-OH is 1. The summed E-state index contributed by atoms with van der Waals surface area (Å²) in [4.78, 5) is 22.8. The van der Waals surface area contributed by atoms with Crippen LogP contribution in [0, 0.1) is 6.92 Å². The van der Waals surface area contributed by atoms with Crippen molar-refractivity contribution in [1.82, 2.24) is 10.0 Å². The maximum atomic E-state index is 12.3. The molecular formula is C14H20N2O6S. The number of nitrogens with one attached hydrogen (secondary N) is 2. The molecule has 0 bridgehead atoms. The molecule has 0 aliphatic rings. The lowest BCUT2D eigenvalue weighted by molar-refractivity contribution is -0.139. The van der Waals surface area contributed by atoms with Crippen molar-refractivity contribution >= 4 is 21.9 Å². The van der Waals surface area contributed by atoms with E-state index in [1.54, 1.807) is 19.1 Å². The maximum Gasteiger partial charge on any atom is 0.305 e. The van der Waals surface area contributed by atoms with E-state index in [-0.39, 0.29) is 11.5 Å². The summed E-state index contributed by atoms with van der Waals surface area (Å²) in [7, 11) is -4.05. The van der Waals surface area contributed by atoms with E-state index in [1.807, 2.05) is 0 Å². The van der Waals surface area contributed by atoms with Crippen LogP contribution in [0.1, 0.15) is 18.9 Å². The highest BCUT2D eigenvalue weighted by Crippen LogP contribution is 2.11. The Morgan fingerprint density at radius 3 is 2.26 bits per heavy atom.